The molecule has 0 aliphatic rings. The number of carbonyl (C=O) groups is 2. The third-order valence-corrected chi connectivity index (χ3v) is 3.37. The largest absolute Gasteiger partial charge is 0.496 e. The molecule has 7 nitrogen and oxygen atoms in total. The number of aromatic nitrogens is 1. The van der Waals surface area contributed by atoms with Crippen molar-refractivity contribution in [3.63, 3.8) is 0 Å². The summed E-state index contributed by atoms with van der Waals surface area (Å²) in [6.07, 6.45) is 0.245. The number of aryl methyl sites for hydroxylation is 1. The van der Waals surface area contributed by atoms with Gasteiger partial charge in [0, 0.05) is 12.6 Å². The number of hydrogen-bond acceptors (Lipinski definition) is 5. The molecular formula is C16H18N2O5. The van der Waals surface area contributed by atoms with Crippen LogP contribution in [0.25, 0.3) is 0 Å². The molecule has 0 fully saturated rings. The monoisotopic (exact) mass is 318 g/mol. The second-order valence-electron chi connectivity index (χ2n) is 5.09. The smallest absolute Gasteiger partial charge is 0.308 e. The number of nitrogens with one attached hydrogen (secondary N) is 1. The van der Waals surface area contributed by atoms with Crippen LogP contribution in [0.5, 0.6) is 5.75 Å². The minimum absolute atomic E-state index is 0.0219. The molecule has 0 radical (unpaired) electrons. The number of amides is 1. The lowest BCUT2D eigenvalue weighted by Gasteiger charge is -2.15. The fourth-order valence-corrected chi connectivity index (χ4v) is 2.16. The number of ether oxygens (including phenoxy) is 1. The summed E-state index contributed by atoms with van der Waals surface area (Å²) in [6.45, 7) is 1.67. The van der Waals surface area contributed by atoms with E-state index in [2.05, 4.69) is 10.5 Å². The third kappa shape index (κ3) is 4.32. The van der Waals surface area contributed by atoms with Crippen molar-refractivity contribution >= 4 is 11.9 Å². The van der Waals surface area contributed by atoms with Gasteiger partial charge in [0.1, 0.15) is 5.75 Å². The quantitative estimate of drug-likeness (QED) is 0.805. The minimum Gasteiger partial charge on any atom is -0.496 e. The fraction of sp³-hybridized carbons (Fsp3) is 0.312. The van der Waals surface area contributed by atoms with Crippen LogP contribution in [-0.2, 0) is 11.2 Å². The number of rotatable bonds is 7. The Kier molecular flexibility index (Phi) is 5.35. The standard InChI is InChI=1S/C16H18N2O5/c1-10-7-14(23-18-10)15(19)17-9-12(16(20)21)8-11-5-3-4-6-13(11)22-2/h3-7,12H,8-9H2,1-2H3,(H,17,19)(H,20,21). The van der Waals surface area contributed by atoms with Gasteiger partial charge >= 0.3 is 5.97 Å². The number of methoxy groups -OCH3 is 1. The summed E-state index contributed by atoms with van der Waals surface area (Å²) >= 11 is 0. The SMILES string of the molecule is COc1ccccc1CC(CNC(=O)c1cc(C)no1)C(=O)O. The predicted octanol–water partition coefficient (Wildman–Crippen LogP) is 1.66. The first-order valence-electron chi connectivity index (χ1n) is 7.07. The Bertz CT molecular complexity index is 695. The summed E-state index contributed by atoms with van der Waals surface area (Å²) in [6, 6.07) is 8.69. The summed E-state index contributed by atoms with van der Waals surface area (Å²) < 4.78 is 10.1. The fourth-order valence-electron chi connectivity index (χ4n) is 2.16. The van der Waals surface area contributed by atoms with Gasteiger partial charge in [0.2, 0.25) is 5.76 Å². The molecule has 0 spiro atoms. The first-order valence-corrected chi connectivity index (χ1v) is 7.07. The lowest BCUT2D eigenvalue weighted by Crippen LogP contribution is -2.34. The van der Waals surface area contributed by atoms with Crippen LogP contribution in [0.15, 0.2) is 34.9 Å². The highest BCUT2D eigenvalue weighted by molar-refractivity contribution is 5.91. The molecule has 1 atom stereocenters. The molecule has 1 amide bonds. The summed E-state index contributed by atoms with van der Waals surface area (Å²) in [4.78, 5) is 23.3. The van der Waals surface area contributed by atoms with Crippen molar-refractivity contribution in [2.45, 2.75) is 13.3 Å². The maximum Gasteiger partial charge on any atom is 0.308 e. The predicted molar refractivity (Wildman–Crippen MR) is 81.4 cm³/mol. The van der Waals surface area contributed by atoms with Crippen LogP contribution in [0, 0.1) is 12.8 Å². The van der Waals surface area contributed by atoms with Crippen molar-refractivity contribution in [3.8, 4) is 5.75 Å². The Morgan fingerprint density at radius 2 is 2.13 bits per heavy atom. The van der Waals surface area contributed by atoms with Crippen LogP contribution in [0.1, 0.15) is 21.8 Å². The molecule has 2 N–H and O–H groups in total. The molecule has 7 heteroatoms. The number of carboxylic acid groups (broad SMARTS) is 1. The van der Waals surface area contributed by atoms with Gasteiger partial charge in [-0.1, -0.05) is 23.4 Å². The number of nitrogens with zero attached hydrogens (tertiary/aromatic N) is 1. The van der Waals surface area contributed by atoms with E-state index < -0.39 is 17.8 Å². The van der Waals surface area contributed by atoms with E-state index in [9.17, 15) is 14.7 Å². The van der Waals surface area contributed by atoms with Gasteiger partial charge in [0.05, 0.1) is 18.7 Å². The zero-order valence-electron chi connectivity index (χ0n) is 12.9. The van der Waals surface area contributed by atoms with Crippen LogP contribution in [0.3, 0.4) is 0 Å². The van der Waals surface area contributed by atoms with E-state index in [4.69, 9.17) is 9.26 Å². The van der Waals surface area contributed by atoms with Gasteiger partial charge in [0.25, 0.3) is 5.91 Å². The van der Waals surface area contributed by atoms with Gasteiger partial charge in [-0.3, -0.25) is 9.59 Å². The molecule has 0 bridgehead atoms. The number of carboxylic acids is 1. The summed E-state index contributed by atoms with van der Waals surface area (Å²) in [5, 5.41) is 15.5. The third-order valence-electron chi connectivity index (χ3n) is 3.37. The molecule has 122 valence electrons. The van der Waals surface area contributed by atoms with Crippen LogP contribution in [0.4, 0.5) is 0 Å². The number of benzene rings is 1. The van der Waals surface area contributed by atoms with Crippen LogP contribution in [0.2, 0.25) is 0 Å². The van der Waals surface area contributed by atoms with Crippen molar-refractivity contribution in [1.29, 1.82) is 0 Å². The molecule has 23 heavy (non-hydrogen) atoms. The van der Waals surface area contributed by atoms with Gasteiger partial charge in [-0.15, -0.1) is 0 Å². The van der Waals surface area contributed by atoms with Gasteiger partial charge in [-0.25, -0.2) is 0 Å². The van der Waals surface area contributed by atoms with Gasteiger partial charge in [0.15, 0.2) is 0 Å². The van der Waals surface area contributed by atoms with E-state index in [-0.39, 0.29) is 18.7 Å². The first-order chi connectivity index (χ1) is 11.0. The summed E-state index contributed by atoms with van der Waals surface area (Å²) in [7, 11) is 1.53. The molecule has 0 aliphatic heterocycles. The Hall–Kier alpha value is -2.83. The number of aliphatic carboxylic acids is 1. The summed E-state index contributed by atoms with van der Waals surface area (Å²) in [5.41, 5.74) is 1.35. The van der Waals surface area contributed by atoms with E-state index in [1.54, 1.807) is 19.1 Å². The van der Waals surface area contributed by atoms with Crippen molar-refractivity contribution in [3.05, 3.63) is 47.3 Å². The molecule has 0 saturated heterocycles. The number of carbonyl (C=O) groups excluding carboxylic acids is 1. The van der Waals surface area contributed by atoms with Crippen LogP contribution in [-0.4, -0.2) is 35.8 Å². The van der Waals surface area contributed by atoms with Crippen molar-refractivity contribution in [1.82, 2.24) is 10.5 Å². The maximum atomic E-state index is 11.9. The highest BCUT2D eigenvalue weighted by Crippen LogP contribution is 2.21. The second-order valence-corrected chi connectivity index (χ2v) is 5.09. The Labute approximate surface area is 133 Å². The average molecular weight is 318 g/mol. The molecule has 1 unspecified atom stereocenters. The molecular weight excluding hydrogens is 300 g/mol. The average Bonchev–Trinajstić information content (AvgIpc) is 2.97. The van der Waals surface area contributed by atoms with Crippen LogP contribution < -0.4 is 10.1 Å². The van der Waals surface area contributed by atoms with E-state index in [1.165, 1.54) is 13.2 Å². The van der Waals surface area contributed by atoms with Crippen LogP contribution >= 0.6 is 0 Å². The minimum atomic E-state index is -0.995. The molecule has 1 aromatic carbocycles. The molecule has 2 rings (SSSR count). The highest BCUT2D eigenvalue weighted by Gasteiger charge is 2.22. The lowest BCUT2D eigenvalue weighted by molar-refractivity contribution is -0.141. The lowest BCUT2D eigenvalue weighted by atomic mass is 9.98. The van der Waals surface area contributed by atoms with E-state index in [0.29, 0.717) is 11.4 Å². The summed E-state index contributed by atoms with van der Waals surface area (Å²) in [5.74, 6) is -1.58. The van der Waals surface area contributed by atoms with Crippen molar-refractivity contribution < 1.29 is 24.0 Å². The van der Waals surface area contributed by atoms with Gasteiger partial charge in [-0.05, 0) is 25.0 Å². The van der Waals surface area contributed by atoms with Crippen molar-refractivity contribution in [2.24, 2.45) is 5.92 Å². The molecule has 0 saturated carbocycles. The van der Waals surface area contributed by atoms with Crippen molar-refractivity contribution in [2.75, 3.05) is 13.7 Å². The highest BCUT2D eigenvalue weighted by atomic mass is 16.5. The number of hydrogen-bond donors (Lipinski definition) is 2. The molecule has 1 heterocycles. The second kappa shape index (κ2) is 7.44. The Morgan fingerprint density at radius 3 is 2.74 bits per heavy atom. The molecule has 1 aromatic heterocycles. The zero-order valence-corrected chi connectivity index (χ0v) is 12.9. The van der Waals surface area contributed by atoms with Gasteiger partial charge in [-0.2, -0.15) is 0 Å². The first kappa shape index (κ1) is 16.5. The number of para-hydroxylation sites is 1. The van der Waals surface area contributed by atoms with E-state index in [0.717, 1.165) is 5.56 Å². The maximum absolute atomic E-state index is 11.9. The normalized spacial score (nSPS) is 11.7. The van der Waals surface area contributed by atoms with Gasteiger partial charge < -0.3 is 19.7 Å². The Morgan fingerprint density at radius 1 is 1.39 bits per heavy atom. The van der Waals surface area contributed by atoms with E-state index >= 15 is 0 Å². The topological polar surface area (TPSA) is 102 Å². The van der Waals surface area contributed by atoms with E-state index in [1.807, 2.05) is 12.1 Å². The zero-order chi connectivity index (χ0) is 16.8. The molecule has 0 aliphatic carbocycles. The Balaban J connectivity index is 2.02. The molecule has 2 aromatic rings.